The molecule has 0 saturated carbocycles. The smallest absolute Gasteiger partial charge is 0.253 e. The van der Waals surface area contributed by atoms with E-state index in [-0.39, 0.29) is 6.04 Å². The van der Waals surface area contributed by atoms with E-state index in [1.165, 1.54) is 11.3 Å². The molecule has 1 fully saturated rings. The molecule has 3 rings (SSSR count). The van der Waals surface area contributed by atoms with Crippen molar-refractivity contribution in [1.29, 1.82) is 0 Å². The molecule has 0 radical (unpaired) electrons. The molecular weight excluding hydrogens is 384 g/mol. The Hall–Kier alpha value is -0.630. The van der Waals surface area contributed by atoms with Gasteiger partial charge in [-0.15, -0.1) is 11.3 Å². The minimum Gasteiger partial charge on any atom is -0.353 e. The van der Waals surface area contributed by atoms with Crippen LogP contribution >= 0.6 is 27.3 Å². The zero-order valence-corrected chi connectivity index (χ0v) is 15.6. The quantitative estimate of drug-likeness (QED) is 0.773. The molecule has 2 aromatic rings. The lowest BCUT2D eigenvalue weighted by molar-refractivity contribution is 0.319. The number of hydrogen-bond donors (Lipinski definition) is 0. The highest BCUT2D eigenvalue weighted by Gasteiger charge is 2.35. The molecule has 1 atom stereocenters. The first-order chi connectivity index (χ1) is 10.5. The van der Waals surface area contributed by atoms with Gasteiger partial charge >= 0.3 is 0 Å². The van der Waals surface area contributed by atoms with Crippen LogP contribution in [-0.2, 0) is 17.1 Å². The standard InChI is InChI=1S/C15H19BrN2O2S2/c1-17-10-5-7-12(17)13-6-3-2-4-11-18(13)22(19,20)15-9-8-14(16)21-15/h5,7-10,13H,2-4,6,11H2,1H3. The maximum atomic E-state index is 13.1. The molecule has 1 aliphatic heterocycles. The van der Waals surface area contributed by atoms with E-state index < -0.39 is 10.0 Å². The second-order valence-corrected chi connectivity index (χ2v) is 10.2. The Morgan fingerprint density at radius 3 is 2.68 bits per heavy atom. The molecule has 0 spiro atoms. The second kappa shape index (κ2) is 6.47. The fourth-order valence-electron chi connectivity index (χ4n) is 3.04. The van der Waals surface area contributed by atoms with Crippen molar-refractivity contribution in [3.8, 4) is 0 Å². The maximum Gasteiger partial charge on any atom is 0.253 e. The number of rotatable bonds is 3. The van der Waals surface area contributed by atoms with E-state index in [4.69, 9.17) is 0 Å². The third kappa shape index (κ3) is 3.04. The Bertz CT molecular complexity index is 751. The monoisotopic (exact) mass is 402 g/mol. The first kappa shape index (κ1) is 16.2. The summed E-state index contributed by atoms with van der Waals surface area (Å²) in [6.45, 7) is 0.591. The van der Waals surface area contributed by atoms with Gasteiger partial charge in [-0.2, -0.15) is 4.31 Å². The Morgan fingerprint density at radius 2 is 2.05 bits per heavy atom. The van der Waals surface area contributed by atoms with Crippen LogP contribution < -0.4 is 0 Å². The first-order valence-corrected chi connectivity index (χ1v) is 10.4. The Morgan fingerprint density at radius 1 is 1.23 bits per heavy atom. The van der Waals surface area contributed by atoms with Crippen LogP contribution in [0.15, 0.2) is 38.5 Å². The fraction of sp³-hybridized carbons (Fsp3) is 0.467. The normalized spacial score (nSPS) is 20.9. The highest BCUT2D eigenvalue weighted by atomic mass is 79.9. The van der Waals surface area contributed by atoms with Gasteiger partial charge in [-0.25, -0.2) is 8.42 Å². The minimum atomic E-state index is -3.45. The van der Waals surface area contributed by atoms with Gasteiger partial charge in [-0.05, 0) is 53.0 Å². The molecule has 22 heavy (non-hydrogen) atoms. The molecule has 3 heterocycles. The predicted octanol–water partition coefficient (Wildman–Crippen LogP) is 4.16. The van der Waals surface area contributed by atoms with Crippen LogP contribution in [0.1, 0.15) is 37.4 Å². The lowest BCUT2D eigenvalue weighted by Crippen LogP contribution is -2.35. The van der Waals surface area contributed by atoms with Crippen LogP contribution in [-0.4, -0.2) is 23.8 Å². The van der Waals surface area contributed by atoms with Gasteiger partial charge in [0.05, 0.1) is 9.83 Å². The molecule has 2 aromatic heterocycles. The lowest BCUT2D eigenvalue weighted by atomic mass is 10.1. The third-order valence-corrected chi connectivity index (χ3v) is 8.14. The summed E-state index contributed by atoms with van der Waals surface area (Å²) in [4.78, 5) is 0. The van der Waals surface area contributed by atoms with Crippen molar-refractivity contribution >= 4 is 37.3 Å². The molecule has 0 amide bonds. The van der Waals surface area contributed by atoms with Crippen LogP contribution in [0.4, 0.5) is 0 Å². The molecule has 0 N–H and O–H groups in total. The number of hydrogen-bond acceptors (Lipinski definition) is 3. The second-order valence-electron chi connectivity index (χ2n) is 5.58. The largest absolute Gasteiger partial charge is 0.353 e. The van der Waals surface area contributed by atoms with Gasteiger partial charge in [-0.1, -0.05) is 12.8 Å². The third-order valence-electron chi connectivity index (χ3n) is 4.14. The van der Waals surface area contributed by atoms with Gasteiger partial charge in [0.15, 0.2) is 0 Å². The number of sulfonamides is 1. The van der Waals surface area contributed by atoms with E-state index in [0.717, 1.165) is 35.2 Å². The lowest BCUT2D eigenvalue weighted by Gasteiger charge is -2.29. The first-order valence-electron chi connectivity index (χ1n) is 7.38. The minimum absolute atomic E-state index is 0.0756. The summed E-state index contributed by atoms with van der Waals surface area (Å²) in [5.41, 5.74) is 1.07. The number of aromatic nitrogens is 1. The molecule has 7 heteroatoms. The molecule has 120 valence electrons. The van der Waals surface area contributed by atoms with E-state index in [1.807, 2.05) is 29.9 Å². The van der Waals surface area contributed by atoms with E-state index in [1.54, 1.807) is 16.4 Å². The molecule has 1 saturated heterocycles. The highest BCUT2D eigenvalue weighted by Crippen LogP contribution is 2.37. The summed E-state index contributed by atoms with van der Waals surface area (Å²) < 4.78 is 31.1. The molecule has 4 nitrogen and oxygen atoms in total. The molecular formula is C15H19BrN2O2S2. The Kier molecular flexibility index (Phi) is 4.77. The van der Waals surface area contributed by atoms with Crippen LogP contribution in [0.2, 0.25) is 0 Å². The van der Waals surface area contributed by atoms with Crippen LogP contribution in [0.25, 0.3) is 0 Å². The van der Waals surface area contributed by atoms with Gasteiger partial charge in [-0.3, -0.25) is 0 Å². The van der Waals surface area contributed by atoms with E-state index >= 15 is 0 Å². The fourth-order valence-corrected chi connectivity index (χ4v) is 6.85. The van der Waals surface area contributed by atoms with Crippen molar-refractivity contribution < 1.29 is 8.42 Å². The maximum absolute atomic E-state index is 13.1. The summed E-state index contributed by atoms with van der Waals surface area (Å²) in [6, 6.07) is 7.42. The van der Waals surface area contributed by atoms with Crippen LogP contribution in [0.5, 0.6) is 0 Å². The molecule has 1 unspecified atom stereocenters. The van der Waals surface area contributed by atoms with E-state index in [0.29, 0.717) is 10.8 Å². The van der Waals surface area contributed by atoms with Gasteiger partial charge < -0.3 is 4.57 Å². The van der Waals surface area contributed by atoms with E-state index in [2.05, 4.69) is 15.9 Å². The van der Waals surface area contributed by atoms with E-state index in [9.17, 15) is 8.42 Å². The van der Waals surface area contributed by atoms with Gasteiger partial charge in [0.1, 0.15) is 4.21 Å². The molecule has 1 aliphatic rings. The van der Waals surface area contributed by atoms with Crippen LogP contribution in [0, 0.1) is 0 Å². The number of halogens is 1. The molecule has 0 aliphatic carbocycles. The summed E-state index contributed by atoms with van der Waals surface area (Å²) in [5.74, 6) is 0. The average molecular weight is 403 g/mol. The molecule has 0 bridgehead atoms. The average Bonchev–Trinajstić information content (AvgIpc) is 3.01. The van der Waals surface area contributed by atoms with Gasteiger partial charge in [0, 0.05) is 25.5 Å². The highest BCUT2D eigenvalue weighted by molar-refractivity contribution is 9.11. The topological polar surface area (TPSA) is 42.3 Å². The van der Waals surface area contributed by atoms with Gasteiger partial charge in [0.25, 0.3) is 10.0 Å². The number of nitrogens with zero attached hydrogens (tertiary/aromatic N) is 2. The van der Waals surface area contributed by atoms with Crippen LogP contribution in [0.3, 0.4) is 0 Å². The van der Waals surface area contributed by atoms with Crippen molar-refractivity contribution in [2.24, 2.45) is 7.05 Å². The van der Waals surface area contributed by atoms with Crippen molar-refractivity contribution in [3.05, 3.63) is 39.9 Å². The number of aryl methyl sites for hydroxylation is 1. The zero-order chi connectivity index (χ0) is 15.7. The predicted molar refractivity (Wildman–Crippen MR) is 92.5 cm³/mol. The molecule has 0 aromatic carbocycles. The Balaban J connectivity index is 2.02. The zero-order valence-electron chi connectivity index (χ0n) is 12.4. The Labute approximate surface area is 143 Å². The van der Waals surface area contributed by atoms with Crippen molar-refractivity contribution in [1.82, 2.24) is 8.87 Å². The summed E-state index contributed by atoms with van der Waals surface area (Å²) in [5, 5.41) is 0. The number of thiophene rings is 1. The van der Waals surface area contributed by atoms with Gasteiger partial charge in [0.2, 0.25) is 0 Å². The van der Waals surface area contributed by atoms with Crippen molar-refractivity contribution in [2.45, 2.75) is 35.9 Å². The summed E-state index contributed by atoms with van der Waals surface area (Å²) in [6.07, 6.45) is 5.93. The summed E-state index contributed by atoms with van der Waals surface area (Å²) in [7, 11) is -1.47. The van der Waals surface area contributed by atoms with Crippen molar-refractivity contribution in [2.75, 3.05) is 6.54 Å². The van der Waals surface area contributed by atoms with Crippen molar-refractivity contribution in [3.63, 3.8) is 0 Å². The summed E-state index contributed by atoms with van der Waals surface area (Å²) >= 11 is 4.64. The SMILES string of the molecule is Cn1cccc1C1CCCCCN1S(=O)(=O)c1ccc(Br)s1.